The Kier molecular flexibility index (Phi) is 3.95. The van der Waals surface area contributed by atoms with Crippen molar-refractivity contribution < 1.29 is 9.53 Å². The monoisotopic (exact) mass is 363 g/mol. The normalized spacial score (nSPS) is 13.9. The minimum Gasteiger partial charge on any atom is -0.496 e. The molecule has 0 atom stereocenters. The zero-order valence-electron chi connectivity index (χ0n) is 12.9. The summed E-state index contributed by atoms with van der Waals surface area (Å²) in [5, 5.41) is 7.88. The molecule has 5 nitrogen and oxygen atoms in total. The molecule has 3 rings (SSSR count). The minimum absolute atomic E-state index is 0.137. The van der Waals surface area contributed by atoms with Gasteiger partial charge in [-0.05, 0) is 47.8 Å². The number of ketones is 1. The second-order valence-electron chi connectivity index (χ2n) is 5.47. The molecule has 0 aliphatic carbocycles. The molecule has 0 radical (unpaired) electrons. The number of fused-ring (bicyclic) bond motifs is 1. The van der Waals surface area contributed by atoms with E-state index in [4.69, 9.17) is 4.74 Å². The standard InChI is InChI=1S/C16H18BrN3O2/c1-9-6-7-12(22-3)10(2)14(9)18-16-13(17)15-11(21)5-4-8-20(15)19-16/h6-7H,4-5,8H2,1-3H3,(H,18,19). The van der Waals surface area contributed by atoms with E-state index in [0.29, 0.717) is 17.9 Å². The predicted molar refractivity (Wildman–Crippen MR) is 89.2 cm³/mol. The summed E-state index contributed by atoms with van der Waals surface area (Å²) in [7, 11) is 1.66. The van der Waals surface area contributed by atoms with Crippen LogP contribution in [0.25, 0.3) is 0 Å². The molecule has 0 unspecified atom stereocenters. The molecule has 1 aliphatic heterocycles. The molecule has 0 fully saturated rings. The van der Waals surface area contributed by atoms with Gasteiger partial charge in [0.2, 0.25) is 0 Å². The van der Waals surface area contributed by atoms with Gasteiger partial charge in [-0.25, -0.2) is 0 Å². The van der Waals surface area contributed by atoms with Crippen LogP contribution in [-0.4, -0.2) is 22.7 Å². The fourth-order valence-electron chi connectivity index (χ4n) is 2.82. The first-order chi connectivity index (χ1) is 10.5. The first-order valence-corrected chi connectivity index (χ1v) is 8.03. The molecule has 1 aliphatic rings. The Hall–Kier alpha value is -1.82. The van der Waals surface area contributed by atoms with E-state index in [1.165, 1.54) is 0 Å². The summed E-state index contributed by atoms with van der Waals surface area (Å²) < 4.78 is 7.89. The number of anilines is 2. The molecule has 0 bridgehead atoms. The molecule has 116 valence electrons. The van der Waals surface area contributed by atoms with Gasteiger partial charge < -0.3 is 10.1 Å². The van der Waals surface area contributed by atoms with Crippen LogP contribution >= 0.6 is 15.9 Å². The molecule has 0 saturated carbocycles. The third-order valence-electron chi connectivity index (χ3n) is 4.02. The maximum Gasteiger partial charge on any atom is 0.182 e. The highest BCUT2D eigenvalue weighted by Gasteiger charge is 2.25. The average molecular weight is 364 g/mol. The molecule has 1 aromatic carbocycles. The topological polar surface area (TPSA) is 56.1 Å². The van der Waals surface area contributed by atoms with Crippen molar-refractivity contribution in [2.45, 2.75) is 33.2 Å². The number of nitrogens with zero attached hydrogens (tertiary/aromatic N) is 2. The van der Waals surface area contributed by atoms with E-state index in [1.807, 2.05) is 26.0 Å². The van der Waals surface area contributed by atoms with Crippen LogP contribution in [0.1, 0.15) is 34.5 Å². The number of carbonyl (C=O) groups excluding carboxylic acids is 1. The Labute approximate surface area is 137 Å². The minimum atomic E-state index is 0.137. The van der Waals surface area contributed by atoms with Crippen LogP contribution in [0.2, 0.25) is 0 Å². The first-order valence-electron chi connectivity index (χ1n) is 7.23. The van der Waals surface area contributed by atoms with Crippen LogP contribution in [0.5, 0.6) is 5.75 Å². The van der Waals surface area contributed by atoms with Gasteiger partial charge in [-0.15, -0.1) is 0 Å². The lowest BCUT2D eigenvalue weighted by Gasteiger charge is -2.14. The largest absolute Gasteiger partial charge is 0.496 e. The average Bonchev–Trinajstić information content (AvgIpc) is 2.81. The predicted octanol–water partition coefficient (Wildman–Crippen LogP) is 3.99. The third-order valence-corrected chi connectivity index (χ3v) is 4.77. The van der Waals surface area contributed by atoms with Crippen molar-refractivity contribution in [3.05, 3.63) is 33.4 Å². The van der Waals surface area contributed by atoms with Gasteiger partial charge in [-0.2, -0.15) is 5.10 Å². The fourth-order valence-corrected chi connectivity index (χ4v) is 3.42. The maximum absolute atomic E-state index is 12.1. The Bertz CT molecular complexity index is 752. The maximum atomic E-state index is 12.1. The SMILES string of the molecule is COc1ccc(C)c(Nc2nn3c(c2Br)C(=O)CCC3)c1C. The highest BCUT2D eigenvalue weighted by molar-refractivity contribution is 9.10. The summed E-state index contributed by atoms with van der Waals surface area (Å²) >= 11 is 3.52. The van der Waals surface area contributed by atoms with Crippen LogP contribution in [0.3, 0.4) is 0 Å². The van der Waals surface area contributed by atoms with Crippen LogP contribution in [0.4, 0.5) is 11.5 Å². The lowest BCUT2D eigenvalue weighted by atomic mass is 10.1. The van der Waals surface area contributed by atoms with Crippen molar-refractivity contribution in [2.24, 2.45) is 0 Å². The molecular weight excluding hydrogens is 346 g/mol. The van der Waals surface area contributed by atoms with Crippen molar-refractivity contribution in [1.29, 1.82) is 0 Å². The molecular formula is C16H18BrN3O2. The smallest absolute Gasteiger partial charge is 0.182 e. The lowest BCUT2D eigenvalue weighted by molar-refractivity contribution is 0.0950. The van der Waals surface area contributed by atoms with Gasteiger partial charge in [0.1, 0.15) is 11.4 Å². The van der Waals surface area contributed by atoms with E-state index in [1.54, 1.807) is 11.8 Å². The number of methoxy groups -OCH3 is 1. The summed E-state index contributed by atoms with van der Waals surface area (Å²) in [6.07, 6.45) is 1.43. The van der Waals surface area contributed by atoms with Gasteiger partial charge in [0.25, 0.3) is 0 Å². The van der Waals surface area contributed by atoms with E-state index in [0.717, 1.165) is 40.0 Å². The molecule has 0 saturated heterocycles. The number of hydrogen-bond acceptors (Lipinski definition) is 4. The van der Waals surface area contributed by atoms with E-state index in [-0.39, 0.29) is 5.78 Å². The zero-order valence-corrected chi connectivity index (χ0v) is 14.5. The van der Waals surface area contributed by atoms with Crippen LogP contribution in [0.15, 0.2) is 16.6 Å². The van der Waals surface area contributed by atoms with Crippen molar-refractivity contribution in [3.63, 3.8) is 0 Å². The van der Waals surface area contributed by atoms with Crippen molar-refractivity contribution >= 4 is 33.2 Å². The van der Waals surface area contributed by atoms with Crippen LogP contribution in [-0.2, 0) is 6.54 Å². The number of carbonyl (C=O) groups is 1. The highest BCUT2D eigenvalue weighted by atomic mass is 79.9. The Morgan fingerprint density at radius 1 is 1.36 bits per heavy atom. The van der Waals surface area contributed by atoms with Crippen LogP contribution in [0, 0.1) is 13.8 Å². The second-order valence-corrected chi connectivity index (χ2v) is 6.26. The summed E-state index contributed by atoms with van der Waals surface area (Å²) in [5.74, 6) is 1.63. The van der Waals surface area contributed by atoms with Gasteiger partial charge in [0, 0.05) is 24.2 Å². The first kappa shape index (κ1) is 15.1. The number of ether oxygens (including phenoxy) is 1. The number of aryl methyl sites for hydroxylation is 2. The molecule has 0 spiro atoms. The summed E-state index contributed by atoms with van der Waals surface area (Å²) in [6, 6.07) is 3.95. The molecule has 22 heavy (non-hydrogen) atoms. The van der Waals surface area contributed by atoms with Gasteiger partial charge in [0.15, 0.2) is 11.6 Å². The van der Waals surface area contributed by atoms with E-state index in [9.17, 15) is 4.79 Å². The fraction of sp³-hybridized carbons (Fsp3) is 0.375. The van der Waals surface area contributed by atoms with Crippen molar-refractivity contribution in [2.75, 3.05) is 12.4 Å². The quantitative estimate of drug-likeness (QED) is 0.895. The zero-order chi connectivity index (χ0) is 15.9. The number of rotatable bonds is 3. The molecule has 6 heteroatoms. The summed E-state index contributed by atoms with van der Waals surface area (Å²) in [4.78, 5) is 12.1. The number of benzene rings is 1. The van der Waals surface area contributed by atoms with Gasteiger partial charge >= 0.3 is 0 Å². The van der Waals surface area contributed by atoms with Crippen molar-refractivity contribution in [3.8, 4) is 5.75 Å². The number of aromatic nitrogens is 2. The Morgan fingerprint density at radius 2 is 2.14 bits per heavy atom. The van der Waals surface area contributed by atoms with E-state index < -0.39 is 0 Å². The van der Waals surface area contributed by atoms with Crippen LogP contribution < -0.4 is 10.1 Å². The van der Waals surface area contributed by atoms with Gasteiger partial charge in [0.05, 0.1) is 11.6 Å². The van der Waals surface area contributed by atoms with E-state index >= 15 is 0 Å². The van der Waals surface area contributed by atoms with Gasteiger partial charge in [-0.3, -0.25) is 9.48 Å². The highest BCUT2D eigenvalue weighted by Crippen LogP contribution is 2.35. The van der Waals surface area contributed by atoms with Gasteiger partial charge in [-0.1, -0.05) is 6.07 Å². The van der Waals surface area contributed by atoms with Crippen molar-refractivity contribution in [1.82, 2.24) is 9.78 Å². The van der Waals surface area contributed by atoms with E-state index in [2.05, 4.69) is 26.3 Å². The number of Topliss-reactive ketones (excluding diaryl/α,β-unsaturated/α-hetero) is 1. The molecule has 1 aromatic heterocycles. The number of hydrogen-bond donors (Lipinski definition) is 1. The molecule has 1 N–H and O–H groups in total. The third kappa shape index (κ3) is 2.41. The molecule has 0 amide bonds. The molecule has 2 aromatic rings. The summed E-state index contributed by atoms with van der Waals surface area (Å²) in [6.45, 7) is 4.81. The Morgan fingerprint density at radius 3 is 2.82 bits per heavy atom. The Balaban J connectivity index is 2.03. The lowest BCUT2D eigenvalue weighted by Crippen LogP contribution is -2.17. The number of nitrogens with one attached hydrogen (secondary N) is 1. The summed E-state index contributed by atoms with van der Waals surface area (Å²) in [5.41, 5.74) is 3.74. The number of halogens is 1. The second kappa shape index (κ2) is 5.76. The molecule has 2 heterocycles.